The van der Waals surface area contributed by atoms with Crippen molar-refractivity contribution in [2.45, 2.75) is 0 Å². The summed E-state index contributed by atoms with van der Waals surface area (Å²) >= 11 is 0.870. The zero-order valence-corrected chi connectivity index (χ0v) is 13.7. The zero-order chi connectivity index (χ0) is 17.8. The Balaban J connectivity index is 1.70. The van der Waals surface area contributed by atoms with Crippen LogP contribution in [-0.2, 0) is 4.79 Å². The van der Waals surface area contributed by atoms with Gasteiger partial charge in [-0.25, -0.2) is 0 Å². The topological polar surface area (TPSA) is 92.6 Å². The first-order valence-corrected chi connectivity index (χ1v) is 8.15. The summed E-state index contributed by atoms with van der Waals surface area (Å²) in [5, 5.41) is 13.3. The molecule has 0 spiro atoms. The van der Waals surface area contributed by atoms with Crippen LogP contribution >= 0.6 is 11.8 Å². The fourth-order valence-electron chi connectivity index (χ4n) is 2.24. The lowest BCUT2D eigenvalue weighted by molar-refractivity contribution is -0.384. The lowest BCUT2D eigenvalue weighted by Gasteiger charge is -2.14. The largest absolute Gasteiger partial charge is 0.367 e. The molecule has 1 fully saturated rings. The number of rotatable bonds is 5. The Labute approximate surface area is 147 Å². The molecule has 0 bridgehead atoms. The average molecular weight is 355 g/mol. The summed E-state index contributed by atoms with van der Waals surface area (Å²) in [6.45, 7) is -0.0576. The van der Waals surface area contributed by atoms with Crippen LogP contribution < -0.4 is 5.32 Å². The van der Waals surface area contributed by atoms with E-state index in [1.165, 1.54) is 18.2 Å². The van der Waals surface area contributed by atoms with Crippen LogP contribution in [0, 0.1) is 10.1 Å². The predicted octanol–water partition coefficient (Wildman–Crippen LogP) is 3.70. The molecule has 0 saturated carbocycles. The summed E-state index contributed by atoms with van der Waals surface area (Å²) < 4.78 is 0. The molecule has 1 N–H and O–H groups in total. The standard InChI is InChI=1S/C17H13N3O4S/c21-16-15(9-12-5-2-1-3-6-12)25-17(22)19(16)11-18-13-7-4-8-14(10-13)20(23)24/h1-10,18H,11H2/b15-9-. The van der Waals surface area contributed by atoms with Crippen molar-refractivity contribution in [2.75, 3.05) is 12.0 Å². The number of anilines is 1. The first-order chi connectivity index (χ1) is 12.0. The molecule has 2 amide bonds. The van der Waals surface area contributed by atoms with Crippen LogP contribution in [0.25, 0.3) is 6.08 Å². The average Bonchev–Trinajstić information content (AvgIpc) is 2.87. The summed E-state index contributed by atoms with van der Waals surface area (Å²) in [6.07, 6.45) is 1.66. The molecule has 3 rings (SSSR count). The van der Waals surface area contributed by atoms with E-state index in [0.29, 0.717) is 10.6 Å². The van der Waals surface area contributed by atoms with E-state index in [9.17, 15) is 19.7 Å². The number of nitrogens with one attached hydrogen (secondary N) is 1. The molecular weight excluding hydrogens is 342 g/mol. The van der Waals surface area contributed by atoms with Crippen molar-refractivity contribution in [3.8, 4) is 0 Å². The van der Waals surface area contributed by atoms with Gasteiger partial charge in [0.1, 0.15) is 0 Å². The van der Waals surface area contributed by atoms with Gasteiger partial charge in [-0.2, -0.15) is 0 Å². The van der Waals surface area contributed by atoms with Crippen LogP contribution in [0.4, 0.5) is 16.2 Å². The summed E-state index contributed by atoms with van der Waals surface area (Å²) in [4.78, 5) is 36.1. The smallest absolute Gasteiger partial charge is 0.295 e. The van der Waals surface area contributed by atoms with Crippen LogP contribution in [0.15, 0.2) is 59.5 Å². The Kier molecular flexibility index (Phi) is 4.80. The lowest BCUT2D eigenvalue weighted by atomic mass is 10.2. The minimum Gasteiger partial charge on any atom is -0.367 e. The van der Waals surface area contributed by atoms with E-state index < -0.39 is 10.8 Å². The van der Waals surface area contributed by atoms with Gasteiger partial charge < -0.3 is 5.32 Å². The van der Waals surface area contributed by atoms with E-state index in [-0.39, 0.29) is 17.6 Å². The van der Waals surface area contributed by atoms with Crippen molar-refractivity contribution < 1.29 is 14.5 Å². The number of nitro groups is 1. The van der Waals surface area contributed by atoms with E-state index in [2.05, 4.69) is 5.32 Å². The molecule has 0 unspecified atom stereocenters. The Morgan fingerprint density at radius 3 is 2.60 bits per heavy atom. The van der Waals surface area contributed by atoms with Crippen LogP contribution in [-0.4, -0.2) is 27.6 Å². The summed E-state index contributed by atoms with van der Waals surface area (Å²) in [7, 11) is 0. The molecule has 0 aromatic heterocycles. The quantitative estimate of drug-likeness (QED) is 0.499. The maximum Gasteiger partial charge on any atom is 0.295 e. The van der Waals surface area contributed by atoms with E-state index in [1.807, 2.05) is 30.3 Å². The highest BCUT2D eigenvalue weighted by molar-refractivity contribution is 8.18. The maximum absolute atomic E-state index is 12.4. The summed E-state index contributed by atoms with van der Waals surface area (Å²) in [5.41, 5.74) is 1.23. The number of imide groups is 1. The van der Waals surface area contributed by atoms with Gasteiger partial charge in [0.15, 0.2) is 0 Å². The Bertz CT molecular complexity index is 867. The minimum atomic E-state index is -0.506. The zero-order valence-electron chi connectivity index (χ0n) is 12.9. The van der Waals surface area contributed by atoms with Gasteiger partial charge in [-0.15, -0.1) is 0 Å². The van der Waals surface area contributed by atoms with Crippen LogP contribution in [0.1, 0.15) is 5.56 Å². The lowest BCUT2D eigenvalue weighted by Crippen LogP contribution is -2.33. The molecule has 1 heterocycles. The van der Waals surface area contributed by atoms with Crippen LogP contribution in [0.3, 0.4) is 0 Å². The van der Waals surface area contributed by atoms with Gasteiger partial charge >= 0.3 is 0 Å². The normalized spacial score (nSPS) is 15.7. The van der Waals surface area contributed by atoms with Gasteiger partial charge in [-0.1, -0.05) is 36.4 Å². The number of carbonyl (C=O) groups is 2. The van der Waals surface area contributed by atoms with Gasteiger partial charge in [0, 0.05) is 17.8 Å². The van der Waals surface area contributed by atoms with Gasteiger partial charge in [0.25, 0.3) is 16.8 Å². The third kappa shape index (κ3) is 3.86. The van der Waals surface area contributed by atoms with Gasteiger partial charge in [0.2, 0.25) is 0 Å². The Morgan fingerprint density at radius 2 is 1.88 bits per heavy atom. The van der Waals surface area contributed by atoms with Crippen molar-refractivity contribution in [2.24, 2.45) is 0 Å². The van der Waals surface area contributed by atoms with E-state index >= 15 is 0 Å². The van der Waals surface area contributed by atoms with E-state index in [1.54, 1.807) is 12.1 Å². The van der Waals surface area contributed by atoms with Crippen molar-refractivity contribution in [1.29, 1.82) is 0 Å². The highest BCUT2D eigenvalue weighted by Crippen LogP contribution is 2.32. The third-order valence-electron chi connectivity index (χ3n) is 3.47. The first-order valence-electron chi connectivity index (χ1n) is 7.33. The summed E-state index contributed by atoms with van der Waals surface area (Å²) in [5.74, 6) is -0.392. The second-order valence-corrected chi connectivity index (χ2v) is 6.16. The molecular formula is C17H13N3O4S. The molecule has 1 aliphatic rings. The number of thioether (sulfide) groups is 1. The molecule has 126 valence electrons. The maximum atomic E-state index is 12.4. The molecule has 25 heavy (non-hydrogen) atoms. The molecule has 1 saturated heterocycles. The number of carbonyl (C=O) groups excluding carboxylic acids is 2. The predicted molar refractivity (Wildman–Crippen MR) is 95.8 cm³/mol. The van der Waals surface area contributed by atoms with Gasteiger partial charge in [0.05, 0.1) is 16.5 Å². The monoisotopic (exact) mass is 355 g/mol. The van der Waals surface area contributed by atoms with Crippen molar-refractivity contribution >= 4 is 40.4 Å². The van der Waals surface area contributed by atoms with Gasteiger partial charge in [-0.05, 0) is 29.5 Å². The SMILES string of the molecule is O=C1S/C(=C\c2ccccc2)C(=O)N1CNc1cccc([N+](=O)[O-])c1. The highest BCUT2D eigenvalue weighted by atomic mass is 32.2. The van der Waals surface area contributed by atoms with Crippen molar-refractivity contribution in [3.63, 3.8) is 0 Å². The highest BCUT2D eigenvalue weighted by Gasteiger charge is 2.34. The third-order valence-corrected chi connectivity index (χ3v) is 4.38. The fourth-order valence-corrected chi connectivity index (χ4v) is 3.08. The number of nitrogens with zero attached hydrogens (tertiary/aromatic N) is 2. The van der Waals surface area contributed by atoms with E-state index in [0.717, 1.165) is 22.2 Å². The molecule has 1 aliphatic heterocycles. The van der Waals surface area contributed by atoms with Crippen molar-refractivity contribution in [1.82, 2.24) is 4.90 Å². The Hall–Kier alpha value is -3.13. The molecule has 8 heteroatoms. The molecule has 2 aromatic carbocycles. The number of benzene rings is 2. The number of amides is 2. The van der Waals surface area contributed by atoms with Gasteiger partial charge in [-0.3, -0.25) is 24.6 Å². The number of hydrogen-bond acceptors (Lipinski definition) is 6. The number of non-ortho nitro benzene ring substituents is 1. The van der Waals surface area contributed by atoms with Crippen LogP contribution in [0.2, 0.25) is 0 Å². The summed E-state index contributed by atoms with van der Waals surface area (Å²) in [6, 6.07) is 15.1. The number of hydrogen-bond donors (Lipinski definition) is 1. The van der Waals surface area contributed by atoms with Crippen LogP contribution in [0.5, 0.6) is 0 Å². The molecule has 0 aliphatic carbocycles. The second kappa shape index (κ2) is 7.18. The molecule has 0 radical (unpaired) electrons. The van der Waals surface area contributed by atoms with Crippen molar-refractivity contribution in [3.05, 3.63) is 75.2 Å². The number of nitro benzene ring substituents is 1. The first kappa shape index (κ1) is 16.7. The minimum absolute atomic E-state index is 0.0576. The Morgan fingerprint density at radius 1 is 1.12 bits per heavy atom. The molecule has 7 nitrogen and oxygen atoms in total. The second-order valence-electron chi connectivity index (χ2n) is 5.16. The molecule has 2 aromatic rings. The van der Waals surface area contributed by atoms with E-state index in [4.69, 9.17) is 0 Å². The molecule has 0 atom stereocenters. The fraction of sp³-hybridized carbons (Fsp3) is 0.0588.